The molecular formula is C17H24FNO4S. The third kappa shape index (κ3) is 2.98. The van der Waals surface area contributed by atoms with Gasteiger partial charge in [0, 0.05) is 25.1 Å². The van der Waals surface area contributed by atoms with Crippen LogP contribution in [0.4, 0.5) is 4.39 Å². The first kappa shape index (κ1) is 17.8. The lowest BCUT2D eigenvalue weighted by molar-refractivity contribution is -0.116. The molecule has 0 spiro atoms. The lowest BCUT2D eigenvalue weighted by Gasteiger charge is -2.42. The molecule has 2 saturated heterocycles. The minimum Gasteiger partial charge on any atom is -0.390 e. The fourth-order valence-electron chi connectivity index (χ4n) is 3.79. The normalized spacial score (nSPS) is 32.2. The number of hydrogen-bond acceptors (Lipinski definition) is 4. The van der Waals surface area contributed by atoms with Gasteiger partial charge >= 0.3 is 0 Å². The molecule has 0 bridgehead atoms. The summed E-state index contributed by atoms with van der Waals surface area (Å²) in [6.07, 6.45) is 1.82. The predicted molar refractivity (Wildman–Crippen MR) is 87.6 cm³/mol. The maximum Gasteiger partial charge on any atom is 0.246 e. The molecule has 0 saturated carbocycles. The molecule has 1 N–H and O–H groups in total. The standard InChI is InChI=1S/C17H24FNO4S/c1-12-5-3-7-15(16(12)18)24(21,22)19-9-4-6-14(19)13-11-23-10-8-17(13,2)20/h3,5,7,13-14,20H,4,6,8-11H2,1-2H3. The topological polar surface area (TPSA) is 66.8 Å². The zero-order valence-corrected chi connectivity index (χ0v) is 14.9. The monoisotopic (exact) mass is 357 g/mol. The molecule has 3 atom stereocenters. The Morgan fingerprint density at radius 1 is 1.42 bits per heavy atom. The first-order valence-corrected chi connectivity index (χ1v) is 9.76. The molecule has 24 heavy (non-hydrogen) atoms. The lowest BCUT2D eigenvalue weighted by Crippen LogP contribution is -2.53. The van der Waals surface area contributed by atoms with E-state index in [1.54, 1.807) is 26.0 Å². The molecule has 5 nitrogen and oxygen atoms in total. The molecule has 2 aliphatic heterocycles. The van der Waals surface area contributed by atoms with Crippen molar-refractivity contribution in [1.82, 2.24) is 4.31 Å². The summed E-state index contributed by atoms with van der Waals surface area (Å²) < 4.78 is 47.3. The van der Waals surface area contributed by atoms with Crippen molar-refractivity contribution in [1.29, 1.82) is 0 Å². The van der Waals surface area contributed by atoms with E-state index in [4.69, 9.17) is 4.74 Å². The highest BCUT2D eigenvalue weighted by atomic mass is 32.2. The van der Waals surface area contributed by atoms with E-state index in [-0.39, 0.29) is 16.9 Å². The van der Waals surface area contributed by atoms with Gasteiger partial charge in [-0.05, 0) is 44.7 Å². The summed E-state index contributed by atoms with van der Waals surface area (Å²) in [6, 6.07) is 4.04. The molecule has 1 aromatic rings. The van der Waals surface area contributed by atoms with Crippen molar-refractivity contribution in [3.05, 3.63) is 29.6 Å². The number of ether oxygens (including phenoxy) is 1. The zero-order chi connectivity index (χ0) is 17.5. The van der Waals surface area contributed by atoms with Gasteiger partial charge in [0.15, 0.2) is 0 Å². The van der Waals surface area contributed by atoms with Crippen molar-refractivity contribution in [2.24, 2.45) is 5.92 Å². The maximum absolute atomic E-state index is 14.4. The summed E-state index contributed by atoms with van der Waals surface area (Å²) in [5.41, 5.74) is -0.675. The van der Waals surface area contributed by atoms with Crippen molar-refractivity contribution < 1.29 is 22.7 Å². The van der Waals surface area contributed by atoms with Gasteiger partial charge < -0.3 is 9.84 Å². The first-order valence-electron chi connectivity index (χ1n) is 8.32. The molecule has 134 valence electrons. The smallest absolute Gasteiger partial charge is 0.246 e. The quantitative estimate of drug-likeness (QED) is 0.899. The number of aliphatic hydroxyl groups is 1. The Hall–Kier alpha value is -1.02. The van der Waals surface area contributed by atoms with Gasteiger partial charge in [-0.15, -0.1) is 0 Å². The lowest BCUT2D eigenvalue weighted by atomic mass is 9.80. The molecule has 2 heterocycles. The molecule has 2 aliphatic rings. The highest BCUT2D eigenvalue weighted by molar-refractivity contribution is 7.89. The molecule has 0 aliphatic carbocycles. The number of sulfonamides is 1. The van der Waals surface area contributed by atoms with Gasteiger partial charge in [-0.2, -0.15) is 4.31 Å². The Morgan fingerprint density at radius 2 is 2.17 bits per heavy atom. The second-order valence-corrected chi connectivity index (χ2v) is 8.86. The van der Waals surface area contributed by atoms with Crippen molar-refractivity contribution in [2.75, 3.05) is 19.8 Å². The Balaban J connectivity index is 1.96. The predicted octanol–water partition coefficient (Wildman–Crippen LogP) is 2.07. The van der Waals surface area contributed by atoms with Crippen LogP contribution < -0.4 is 0 Å². The van der Waals surface area contributed by atoms with Crippen molar-refractivity contribution in [3.63, 3.8) is 0 Å². The summed E-state index contributed by atoms with van der Waals surface area (Å²) in [5, 5.41) is 10.7. The van der Waals surface area contributed by atoms with Crippen LogP contribution in [-0.4, -0.2) is 49.2 Å². The van der Waals surface area contributed by atoms with E-state index in [1.807, 2.05) is 0 Å². The van der Waals surface area contributed by atoms with Crippen molar-refractivity contribution in [3.8, 4) is 0 Å². The Kier molecular flexibility index (Phi) is 4.72. The summed E-state index contributed by atoms with van der Waals surface area (Å²) in [7, 11) is -3.95. The van der Waals surface area contributed by atoms with E-state index in [0.29, 0.717) is 44.6 Å². The summed E-state index contributed by atoms with van der Waals surface area (Å²) >= 11 is 0. The molecule has 7 heteroatoms. The number of hydrogen-bond donors (Lipinski definition) is 1. The van der Waals surface area contributed by atoms with Gasteiger partial charge in [0.2, 0.25) is 10.0 Å². The van der Waals surface area contributed by atoms with Gasteiger partial charge in [-0.1, -0.05) is 12.1 Å². The molecule has 1 aromatic carbocycles. The summed E-state index contributed by atoms with van der Waals surface area (Å²) in [4.78, 5) is -0.286. The van der Waals surface area contributed by atoms with E-state index >= 15 is 0 Å². The molecule has 0 amide bonds. The van der Waals surface area contributed by atoms with Gasteiger partial charge in [0.25, 0.3) is 0 Å². The van der Waals surface area contributed by atoms with Crippen LogP contribution in [0.25, 0.3) is 0 Å². The average Bonchev–Trinajstić information content (AvgIpc) is 2.99. The van der Waals surface area contributed by atoms with Gasteiger partial charge in [-0.25, -0.2) is 12.8 Å². The van der Waals surface area contributed by atoms with Crippen molar-refractivity contribution >= 4 is 10.0 Å². The fraction of sp³-hybridized carbons (Fsp3) is 0.647. The highest BCUT2D eigenvalue weighted by Gasteiger charge is 2.48. The van der Waals surface area contributed by atoms with Gasteiger partial charge in [0.05, 0.1) is 12.2 Å². The molecular weight excluding hydrogens is 333 g/mol. The van der Waals surface area contributed by atoms with Gasteiger partial charge in [0.1, 0.15) is 10.7 Å². The number of aryl methyl sites for hydroxylation is 1. The molecule has 3 rings (SSSR count). The Bertz CT molecular complexity index is 719. The van der Waals surface area contributed by atoms with Crippen LogP contribution in [0.1, 0.15) is 31.7 Å². The van der Waals surface area contributed by atoms with Crippen LogP contribution in [0.3, 0.4) is 0 Å². The summed E-state index contributed by atoms with van der Waals surface area (Å²) in [6.45, 7) is 4.41. The van der Waals surface area contributed by atoms with E-state index in [2.05, 4.69) is 0 Å². The van der Waals surface area contributed by atoms with E-state index < -0.39 is 21.4 Å². The zero-order valence-electron chi connectivity index (χ0n) is 14.0. The summed E-state index contributed by atoms with van der Waals surface area (Å²) in [5.74, 6) is -1.01. The average molecular weight is 357 g/mol. The molecule has 3 unspecified atom stereocenters. The minimum absolute atomic E-state index is 0.286. The van der Waals surface area contributed by atoms with Crippen LogP contribution in [0.5, 0.6) is 0 Å². The SMILES string of the molecule is Cc1cccc(S(=O)(=O)N2CCCC2C2COCCC2(C)O)c1F. The molecule has 0 radical (unpaired) electrons. The Morgan fingerprint density at radius 3 is 2.88 bits per heavy atom. The van der Waals surface area contributed by atoms with Crippen LogP contribution in [0, 0.1) is 18.7 Å². The van der Waals surface area contributed by atoms with Crippen LogP contribution >= 0.6 is 0 Å². The second-order valence-electron chi connectivity index (χ2n) is 7.00. The van der Waals surface area contributed by atoms with Crippen molar-refractivity contribution in [2.45, 2.75) is 49.6 Å². The number of benzene rings is 1. The minimum atomic E-state index is -3.95. The highest BCUT2D eigenvalue weighted by Crippen LogP contribution is 2.38. The second kappa shape index (κ2) is 6.37. The molecule has 2 fully saturated rings. The van der Waals surface area contributed by atoms with Crippen LogP contribution in [0.2, 0.25) is 0 Å². The molecule has 0 aromatic heterocycles. The first-order chi connectivity index (χ1) is 11.2. The van der Waals surface area contributed by atoms with E-state index in [9.17, 15) is 17.9 Å². The largest absolute Gasteiger partial charge is 0.390 e. The number of rotatable bonds is 3. The van der Waals surface area contributed by atoms with E-state index in [0.717, 1.165) is 0 Å². The van der Waals surface area contributed by atoms with Crippen LogP contribution in [0.15, 0.2) is 23.1 Å². The van der Waals surface area contributed by atoms with Gasteiger partial charge in [-0.3, -0.25) is 0 Å². The maximum atomic E-state index is 14.4. The third-order valence-corrected chi connectivity index (χ3v) is 7.25. The number of nitrogens with zero attached hydrogens (tertiary/aromatic N) is 1. The third-order valence-electron chi connectivity index (χ3n) is 5.30. The van der Waals surface area contributed by atoms with Crippen LogP contribution in [-0.2, 0) is 14.8 Å². The Labute approximate surface area is 142 Å². The fourth-order valence-corrected chi connectivity index (χ4v) is 5.66. The van der Waals surface area contributed by atoms with E-state index in [1.165, 1.54) is 10.4 Å². The number of halogens is 1.